The van der Waals surface area contributed by atoms with Gasteiger partial charge in [0.2, 0.25) is 0 Å². The molecule has 2 amide bonds. The first-order valence-electron chi connectivity index (χ1n) is 9.70. The lowest BCUT2D eigenvalue weighted by molar-refractivity contribution is -0.123. The van der Waals surface area contributed by atoms with Crippen LogP contribution in [-0.4, -0.2) is 33.2 Å². The zero-order valence-corrected chi connectivity index (χ0v) is 16.7. The molecule has 0 saturated heterocycles. The van der Waals surface area contributed by atoms with Gasteiger partial charge in [0.25, 0.3) is 17.4 Å². The molecule has 4 rings (SSSR count). The molecule has 0 fully saturated rings. The van der Waals surface area contributed by atoms with Crippen LogP contribution in [0.15, 0.2) is 88.9 Å². The summed E-state index contributed by atoms with van der Waals surface area (Å²) in [5, 5.41) is 13.9. The van der Waals surface area contributed by atoms with Crippen molar-refractivity contribution in [2.24, 2.45) is 5.10 Å². The molecular weight excluding hydrogens is 408 g/mol. The van der Waals surface area contributed by atoms with Crippen LogP contribution in [0.5, 0.6) is 0 Å². The number of hydrogen-bond donors (Lipinski definition) is 3. The summed E-state index contributed by atoms with van der Waals surface area (Å²) in [7, 11) is 0. The molecule has 0 radical (unpaired) electrons. The van der Waals surface area contributed by atoms with E-state index in [0.717, 1.165) is 0 Å². The van der Waals surface area contributed by atoms with Crippen LogP contribution in [0.1, 0.15) is 27.8 Å². The number of pyridine rings is 1. The van der Waals surface area contributed by atoms with E-state index in [9.17, 15) is 14.4 Å². The van der Waals surface area contributed by atoms with Gasteiger partial charge in [-0.05, 0) is 30.3 Å². The average Bonchev–Trinajstić information content (AvgIpc) is 2.84. The highest BCUT2D eigenvalue weighted by Crippen LogP contribution is 2.20. The van der Waals surface area contributed by atoms with Gasteiger partial charge in [0.05, 0.1) is 17.3 Å². The fourth-order valence-electron chi connectivity index (χ4n) is 3.10. The topological polar surface area (TPSA) is 129 Å². The first-order valence-corrected chi connectivity index (χ1v) is 9.70. The van der Waals surface area contributed by atoms with Gasteiger partial charge in [0.1, 0.15) is 5.69 Å². The second kappa shape index (κ2) is 9.43. The summed E-state index contributed by atoms with van der Waals surface area (Å²) < 4.78 is 0. The number of nitrogens with zero attached hydrogens (tertiary/aromatic N) is 3. The van der Waals surface area contributed by atoms with Crippen molar-refractivity contribution in [3.8, 4) is 0 Å². The second-order valence-corrected chi connectivity index (χ2v) is 6.74. The Balaban J connectivity index is 1.68. The number of H-pyrrole nitrogens is 1. The predicted molar refractivity (Wildman–Crippen MR) is 119 cm³/mol. The minimum Gasteiger partial charge on any atom is -0.335 e. The van der Waals surface area contributed by atoms with Crippen molar-refractivity contribution < 1.29 is 9.59 Å². The maximum atomic E-state index is 13.0. The highest BCUT2D eigenvalue weighted by atomic mass is 16.2. The molecule has 0 spiro atoms. The Morgan fingerprint density at radius 3 is 2.41 bits per heavy atom. The number of amides is 2. The standard InChI is InChI=1S/C23H18N6O3/c30-21(15-8-2-1-3-9-15)26-20(23(32)28-25-14-16-10-6-7-13-24-16)19-17-11-4-5-12-18(17)22(31)29-27-19/h1-14,20H,(H,26,30)(H,28,32)(H,29,31)/b25-14+/t20-/m0/s1. The average molecular weight is 426 g/mol. The molecule has 0 aliphatic heterocycles. The van der Waals surface area contributed by atoms with Crippen molar-refractivity contribution >= 4 is 28.8 Å². The number of rotatable bonds is 6. The molecule has 0 aliphatic rings. The van der Waals surface area contributed by atoms with E-state index >= 15 is 0 Å². The number of aromatic amines is 1. The molecular formula is C23H18N6O3. The lowest BCUT2D eigenvalue weighted by Gasteiger charge is -2.18. The minimum atomic E-state index is -1.22. The first kappa shape index (κ1) is 20.6. The van der Waals surface area contributed by atoms with Gasteiger partial charge in [0.15, 0.2) is 6.04 Å². The Hall–Kier alpha value is -4.66. The fraction of sp³-hybridized carbons (Fsp3) is 0.0435. The maximum absolute atomic E-state index is 13.0. The fourth-order valence-corrected chi connectivity index (χ4v) is 3.10. The molecule has 9 heteroatoms. The van der Waals surface area contributed by atoms with Crippen LogP contribution in [0.25, 0.3) is 10.8 Å². The molecule has 4 aromatic rings. The van der Waals surface area contributed by atoms with Gasteiger partial charge in [-0.15, -0.1) is 0 Å². The van der Waals surface area contributed by atoms with Gasteiger partial charge in [-0.2, -0.15) is 10.2 Å². The largest absolute Gasteiger partial charge is 0.335 e. The van der Waals surface area contributed by atoms with E-state index in [1.807, 2.05) is 0 Å². The molecule has 0 unspecified atom stereocenters. The molecule has 3 N–H and O–H groups in total. The number of benzene rings is 2. The van der Waals surface area contributed by atoms with E-state index in [-0.39, 0.29) is 5.69 Å². The Bertz CT molecular complexity index is 1340. The minimum absolute atomic E-state index is 0.190. The smallest absolute Gasteiger partial charge is 0.272 e. The van der Waals surface area contributed by atoms with Crippen LogP contribution >= 0.6 is 0 Å². The third-order valence-corrected chi connectivity index (χ3v) is 4.63. The summed E-state index contributed by atoms with van der Waals surface area (Å²) in [6.45, 7) is 0. The van der Waals surface area contributed by atoms with Crippen LogP contribution in [-0.2, 0) is 4.79 Å². The Labute approximate surface area is 182 Å². The van der Waals surface area contributed by atoms with Crippen molar-refractivity contribution in [3.63, 3.8) is 0 Å². The Morgan fingerprint density at radius 2 is 1.66 bits per heavy atom. The summed E-state index contributed by atoms with van der Waals surface area (Å²) in [4.78, 5) is 42.1. The summed E-state index contributed by atoms with van der Waals surface area (Å²) in [5.74, 6) is -1.11. The number of carbonyl (C=O) groups excluding carboxylic acids is 2. The van der Waals surface area contributed by atoms with Gasteiger partial charge in [-0.3, -0.25) is 19.4 Å². The van der Waals surface area contributed by atoms with Crippen molar-refractivity contribution in [1.29, 1.82) is 0 Å². The van der Waals surface area contributed by atoms with E-state index in [1.165, 1.54) is 6.21 Å². The van der Waals surface area contributed by atoms with E-state index in [2.05, 4.69) is 31.0 Å². The number of carbonyl (C=O) groups is 2. The van der Waals surface area contributed by atoms with E-state index in [4.69, 9.17) is 0 Å². The summed E-state index contributed by atoms with van der Waals surface area (Å²) >= 11 is 0. The molecule has 158 valence electrons. The highest BCUT2D eigenvalue weighted by molar-refractivity contribution is 5.99. The molecule has 0 bridgehead atoms. The third kappa shape index (κ3) is 4.57. The molecule has 0 saturated carbocycles. The van der Waals surface area contributed by atoms with Crippen molar-refractivity contribution in [3.05, 3.63) is 106 Å². The molecule has 2 aromatic heterocycles. The summed E-state index contributed by atoms with van der Waals surface area (Å²) in [5.41, 5.74) is 3.12. The van der Waals surface area contributed by atoms with E-state index in [1.54, 1.807) is 79.0 Å². The van der Waals surface area contributed by atoms with Crippen molar-refractivity contribution in [2.45, 2.75) is 6.04 Å². The van der Waals surface area contributed by atoms with Crippen LogP contribution in [0, 0.1) is 0 Å². The quantitative estimate of drug-likeness (QED) is 0.321. The summed E-state index contributed by atoms with van der Waals surface area (Å²) in [6, 6.07) is 19.2. The van der Waals surface area contributed by atoms with Crippen LogP contribution in [0.2, 0.25) is 0 Å². The molecule has 9 nitrogen and oxygen atoms in total. The van der Waals surface area contributed by atoms with Gasteiger partial charge in [0, 0.05) is 17.1 Å². The predicted octanol–water partition coefficient (Wildman–Crippen LogP) is 1.94. The van der Waals surface area contributed by atoms with E-state index < -0.39 is 23.4 Å². The zero-order chi connectivity index (χ0) is 22.3. The Kier molecular flexibility index (Phi) is 6.08. The highest BCUT2D eigenvalue weighted by Gasteiger charge is 2.27. The number of nitrogens with one attached hydrogen (secondary N) is 3. The second-order valence-electron chi connectivity index (χ2n) is 6.74. The molecule has 2 heterocycles. The third-order valence-electron chi connectivity index (χ3n) is 4.63. The maximum Gasteiger partial charge on any atom is 0.272 e. The lowest BCUT2D eigenvalue weighted by atomic mass is 10.0. The van der Waals surface area contributed by atoms with Gasteiger partial charge < -0.3 is 5.32 Å². The van der Waals surface area contributed by atoms with Gasteiger partial charge in [-0.1, -0.05) is 42.5 Å². The number of fused-ring (bicyclic) bond motifs is 1. The zero-order valence-electron chi connectivity index (χ0n) is 16.7. The number of hydrogen-bond acceptors (Lipinski definition) is 6. The number of hydrazone groups is 1. The molecule has 1 atom stereocenters. The van der Waals surface area contributed by atoms with Crippen LogP contribution in [0.4, 0.5) is 0 Å². The first-order chi connectivity index (χ1) is 15.6. The Morgan fingerprint density at radius 1 is 0.938 bits per heavy atom. The van der Waals surface area contributed by atoms with Crippen molar-refractivity contribution in [2.75, 3.05) is 0 Å². The van der Waals surface area contributed by atoms with Crippen LogP contribution < -0.4 is 16.3 Å². The van der Waals surface area contributed by atoms with Gasteiger partial charge in [-0.25, -0.2) is 10.5 Å². The normalized spacial score (nSPS) is 11.9. The molecule has 2 aromatic carbocycles. The lowest BCUT2D eigenvalue weighted by Crippen LogP contribution is -2.40. The van der Waals surface area contributed by atoms with Crippen molar-refractivity contribution in [1.82, 2.24) is 25.9 Å². The molecule has 0 aliphatic carbocycles. The molecule has 32 heavy (non-hydrogen) atoms. The van der Waals surface area contributed by atoms with Gasteiger partial charge >= 0.3 is 0 Å². The monoisotopic (exact) mass is 426 g/mol. The number of aromatic nitrogens is 3. The summed E-state index contributed by atoms with van der Waals surface area (Å²) in [6.07, 6.45) is 2.98. The van der Waals surface area contributed by atoms with E-state index in [0.29, 0.717) is 22.0 Å². The van der Waals surface area contributed by atoms with Crippen LogP contribution in [0.3, 0.4) is 0 Å². The SMILES string of the molecule is O=C(N[C@H](C(=O)N/N=C/c1ccccn1)c1n[nH]c(=O)c2ccccc12)c1ccccc1.